The summed E-state index contributed by atoms with van der Waals surface area (Å²) in [5, 5.41) is 37.6. The Morgan fingerprint density at radius 1 is 0.692 bits per heavy atom. The van der Waals surface area contributed by atoms with E-state index in [-0.39, 0.29) is 24.7 Å². The van der Waals surface area contributed by atoms with E-state index in [0.29, 0.717) is 0 Å². The fraction of sp³-hybridized carbons (Fsp3) is 0.778. The van der Waals surface area contributed by atoms with Gasteiger partial charge >= 0.3 is 23.9 Å². The molecular weight excluding hydrogens is 344 g/mol. The number of carboxylic acids is 4. The van der Waals surface area contributed by atoms with Gasteiger partial charge in [-0.3, -0.25) is 19.2 Å². The third kappa shape index (κ3) is 3.99. The summed E-state index contributed by atoms with van der Waals surface area (Å²) in [6, 6.07) is 0. The van der Waals surface area contributed by atoms with Crippen molar-refractivity contribution in [2.24, 2.45) is 34.5 Å². The van der Waals surface area contributed by atoms with Gasteiger partial charge in [-0.1, -0.05) is 26.7 Å². The maximum Gasteiger partial charge on any atom is 0.320 e. The zero-order chi connectivity index (χ0) is 20.4. The smallest absolute Gasteiger partial charge is 0.320 e. The van der Waals surface area contributed by atoms with Gasteiger partial charge in [0.15, 0.2) is 10.8 Å². The molecule has 148 valence electrons. The van der Waals surface area contributed by atoms with Crippen molar-refractivity contribution in [3.8, 4) is 0 Å². The third-order valence-electron chi connectivity index (χ3n) is 6.27. The lowest BCUT2D eigenvalue weighted by molar-refractivity contribution is -0.170. The van der Waals surface area contributed by atoms with Crippen LogP contribution in [0, 0.1) is 34.5 Å². The Morgan fingerprint density at radius 2 is 0.923 bits per heavy atom. The van der Waals surface area contributed by atoms with Gasteiger partial charge in [0.1, 0.15) is 0 Å². The van der Waals surface area contributed by atoms with E-state index in [1.165, 1.54) is 0 Å². The Labute approximate surface area is 152 Å². The quantitative estimate of drug-likeness (QED) is 0.474. The van der Waals surface area contributed by atoms with Gasteiger partial charge < -0.3 is 20.4 Å². The molecular formula is C18H28O8. The van der Waals surface area contributed by atoms with Crippen LogP contribution in [-0.2, 0) is 19.2 Å². The second-order valence-electron chi connectivity index (χ2n) is 8.15. The molecule has 1 saturated carbocycles. The van der Waals surface area contributed by atoms with Crippen molar-refractivity contribution in [1.82, 2.24) is 0 Å². The van der Waals surface area contributed by atoms with Crippen LogP contribution in [0.4, 0.5) is 0 Å². The summed E-state index contributed by atoms with van der Waals surface area (Å²) in [5.74, 6) is -6.64. The third-order valence-corrected chi connectivity index (χ3v) is 6.27. The van der Waals surface area contributed by atoms with Gasteiger partial charge in [-0.05, 0) is 50.4 Å². The van der Waals surface area contributed by atoms with Crippen LogP contribution in [0.1, 0.15) is 53.4 Å². The van der Waals surface area contributed by atoms with Gasteiger partial charge in [-0.25, -0.2) is 0 Å². The molecule has 0 saturated heterocycles. The van der Waals surface area contributed by atoms with Crippen LogP contribution in [0.5, 0.6) is 0 Å². The number of hydrogen-bond donors (Lipinski definition) is 4. The molecule has 4 unspecified atom stereocenters. The van der Waals surface area contributed by atoms with Gasteiger partial charge in [0.25, 0.3) is 0 Å². The summed E-state index contributed by atoms with van der Waals surface area (Å²) in [4.78, 5) is 46.3. The summed E-state index contributed by atoms with van der Waals surface area (Å²) >= 11 is 0. The SMILES string of the molecule is CC1CCC(C)C(CC(C)(C(=O)O)C(=O)O)C1CC(C)(C(=O)O)C(=O)O. The standard InChI is InChI=1S/C18H28O8/c1-9-5-6-10(2)12(8-18(4,15(23)24)16(25)26)11(9)7-17(3,13(19)20)14(21)22/h9-12H,5-8H2,1-4H3,(H,19,20)(H,21,22)(H,23,24)(H,25,26). The average molecular weight is 372 g/mol. The zero-order valence-electron chi connectivity index (χ0n) is 15.6. The van der Waals surface area contributed by atoms with E-state index in [1.807, 2.05) is 13.8 Å². The largest absolute Gasteiger partial charge is 0.480 e. The number of carboxylic acid groups (broad SMARTS) is 4. The monoisotopic (exact) mass is 372 g/mol. The summed E-state index contributed by atoms with van der Waals surface area (Å²) in [6.07, 6.45) is 1.19. The summed E-state index contributed by atoms with van der Waals surface area (Å²) in [5.41, 5.74) is -4.01. The van der Waals surface area contributed by atoms with E-state index in [1.54, 1.807) is 0 Å². The molecule has 4 atom stereocenters. The molecule has 0 bridgehead atoms. The van der Waals surface area contributed by atoms with Gasteiger partial charge in [-0.2, -0.15) is 0 Å². The van der Waals surface area contributed by atoms with Crippen molar-refractivity contribution in [2.75, 3.05) is 0 Å². The maximum absolute atomic E-state index is 11.6. The predicted molar refractivity (Wildman–Crippen MR) is 90.5 cm³/mol. The molecule has 4 N–H and O–H groups in total. The molecule has 0 spiro atoms. The average Bonchev–Trinajstić information content (AvgIpc) is 2.52. The molecule has 26 heavy (non-hydrogen) atoms. The van der Waals surface area contributed by atoms with E-state index in [2.05, 4.69) is 0 Å². The number of hydrogen-bond acceptors (Lipinski definition) is 4. The van der Waals surface area contributed by atoms with Crippen molar-refractivity contribution >= 4 is 23.9 Å². The van der Waals surface area contributed by atoms with Crippen molar-refractivity contribution < 1.29 is 39.6 Å². The van der Waals surface area contributed by atoms with Crippen LogP contribution >= 0.6 is 0 Å². The molecule has 0 aromatic heterocycles. The molecule has 1 rings (SSSR count). The number of rotatable bonds is 8. The molecule has 8 nitrogen and oxygen atoms in total. The highest BCUT2D eigenvalue weighted by atomic mass is 16.4. The fourth-order valence-electron chi connectivity index (χ4n) is 3.98. The first-order valence-electron chi connectivity index (χ1n) is 8.71. The lowest BCUT2D eigenvalue weighted by atomic mass is 9.59. The Kier molecular flexibility index (Phi) is 6.44. The second kappa shape index (κ2) is 7.63. The normalized spacial score (nSPS) is 26.9. The van der Waals surface area contributed by atoms with E-state index in [0.717, 1.165) is 26.7 Å². The van der Waals surface area contributed by atoms with Crippen molar-refractivity contribution in [3.05, 3.63) is 0 Å². The maximum atomic E-state index is 11.6. The molecule has 0 amide bonds. The highest BCUT2D eigenvalue weighted by Gasteiger charge is 2.51. The molecule has 8 heteroatoms. The lowest BCUT2D eigenvalue weighted by Crippen LogP contribution is -2.46. The molecule has 1 aliphatic carbocycles. The zero-order valence-corrected chi connectivity index (χ0v) is 15.6. The van der Waals surface area contributed by atoms with Crippen molar-refractivity contribution in [1.29, 1.82) is 0 Å². The Hall–Kier alpha value is -2.12. The van der Waals surface area contributed by atoms with Crippen LogP contribution in [0.15, 0.2) is 0 Å². The fourth-order valence-corrected chi connectivity index (χ4v) is 3.98. The van der Waals surface area contributed by atoms with Gasteiger partial charge in [0.2, 0.25) is 0 Å². The van der Waals surface area contributed by atoms with Gasteiger partial charge in [-0.15, -0.1) is 0 Å². The lowest BCUT2D eigenvalue weighted by Gasteiger charge is -2.45. The topological polar surface area (TPSA) is 149 Å². The summed E-state index contributed by atoms with van der Waals surface area (Å²) < 4.78 is 0. The molecule has 0 aliphatic heterocycles. The van der Waals surface area contributed by atoms with Crippen molar-refractivity contribution in [3.63, 3.8) is 0 Å². The molecule has 0 aromatic rings. The molecule has 0 heterocycles. The predicted octanol–water partition coefficient (Wildman–Crippen LogP) is 2.42. The van der Waals surface area contributed by atoms with E-state index >= 15 is 0 Å². The van der Waals surface area contributed by atoms with E-state index in [9.17, 15) is 39.6 Å². The Bertz CT molecular complexity index is 516. The molecule has 0 radical (unpaired) electrons. The van der Waals surface area contributed by atoms with Crippen LogP contribution in [0.25, 0.3) is 0 Å². The van der Waals surface area contributed by atoms with Crippen LogP contribution in [-0.4, -0.2) is 44.3 Å². The first-order valence-corrected chi connectivity index (χ1v) is 8.71. The number of carbonyl (C=O) groups is 4. The number of aliphatic carboxylic acids is 4. The minimum absolute atomic E-state index is 0.0268. The Balaban J connectivity index is 3.28. The van der Waals surface area contributed by atoms with Gasteiger partial charge in [0.05, 0.1) is 0 Å². The van der Waals surface area contributed by atoms with Gasteiger partial charge in [0, 0.05) is 0 Å². The molecule has 1 fully saturated rings. The minimum Gasteiger partial charge on any atom is -0.480 e. The second-order valence-corrected chi connectivity index (χ2v) is 8.15. The first-order chi connectivity index (χ1) is 11.8. The van der Waals surface area contributed by atoms with E-state index in [4.69, 9.17) is 0 Å². The molecule has 1 aliphatic rings. The first kappa shape index (κ1) is 21.9. The van der Waals surface area contributed by atoms with Crippen LogP contribution < -0.4 is 0 Å². The molecule has 0 aromatic carbocycles. The summed E-state index contributed by atoms with van der Waals surface area (Å²) in [7, 11) is 0. The van der Waals surface area contributed by atoms with E-state index < -0.39 is 46.5 Å². The minimum atomic E-state index is -2.00. The highest BCUT2D eigenvalue weighted by Crippen LogP contribution is 2.48. The van der Waals surface area contributed by atoms with Crippen LogP contribution in [0.2, 0.25) is 0 Å². The van der Waals surface area contributed by atoms with Crippen molar-refractivity contribution in [2.45, 2.75) is 53.4 Å². The summed E-state index contributed by atoms with van der Waals surface area (Å²) in [6.45, 7) is 6.06. The van der Waals surface area contributed by atoms with Crippen LogP contribution in [0.3, 0.4) is 0 Å². The highest BCUT2D eigenvalue weighted by molar-refractivity contribution is 5.98. The Morgan fingerprint density at radius 3 is 1.12 bits per heavy atom.